The summed E-state index contributed by atoms with van der Waals surface area (Å²) >= 11 is 6.47. The zero-order chi connectivity index (χ0) is 12.6. The van der Waals surface area contributed by atoms with Crippen LogP contribution in [0.4, 0.5) is 0 Å². The van der Waals surface area contributed by atoms with Crippen LogP contribution >= 0.6 is 35.3 Å². The Balaban J connectivity index is 4.15. The number of rotatable bonds is 9. The van der Waals surface area contributed by atoms with Gasteiger partial charge in [-0.2, -0.15) is 0 Å². The lowest BCUT2D eigenvalue weighted by molar-refractivity contribution is 0.897. The van der Waals surface area contributed by atoms with Crippen LogP contribution in [0.3, 0.4) is 0 Å². The Morgan fingerprint density at radius 3 is 1.06 bits per heavy atom. The summed E-state index contributed by atoms with van der Waals surface area (Å²) < 4.78 is 0.722. The minimum absolute atomic E-state index is 0.722. The topological polar surface area (TPSA) is 0 Å². The molecule has 0 N–H and O–H groups in total. The third-order valence-corrected chi connectivity index (χ3v) is 7.82. The molecule has 0 nitrogen and oxygen atoms in total. The normalized spacial score (nSPS) is 19.1. The molecule has 0 spiro atoms. The van der Waals surface area contributed by atoms with Gasteiger partial charge in [-0.3, -0.25) is 0 Å². The quantitative estimate of drug-likeness (QED) is 0.485. The van der Waals surface area contributed by atoms with Gasteiger partial charge in [0.25, 0.3) is 0 Å². The molecule has 0 saturated carbocycles. The monoisotopic (exact) mass is 280 g/mol. The van der Waals surface area contributed by atoms with Crippen LogP contribution in [0.1, 0.15) is 60.8 Å². The molecule has 0 bridgehead atoms. The van der Waals surface area contributed by atoms with Crippen molar-refractivity contribution in [1.29, 1.82) is 0 Å². The molecule has 0 aliphatic heterocycles. The Morgan fingerprint density at radius 2 is 0.875 bits per heavy atom. The Morgan fingerprint density at radius 1 is 0.625 bits per heavy atom. The molecule has 3 heteroatoms. The molecular formula is C13H28S3. The van der Waals surface area contributed by atoms with E-state index in [0.717, 1.165) is 19.7 Å². The molecule has 0 aliphatic carbocycles. The molecule has 0 aliphatic rings. The van der Waals surface area contributed by atoms with E-state index in [0.29, 0.717) is 0 Å². The third-order valence-electron chi connectivity index (χ3n) is 2.76. The summed E-state index contributed by atoms with van der Waals surface area (Å²) in [6.45, 7) is 13.9. The molecule has 98 valence electrons. The van der Waals surface area contributed by atoms with Crippen molar-refractivity contribution in [3.05, 3.63) is 0 Å². The van der Waals surface area contributed by atoms with Crippen LogP contribution in [-0.4, -0.2) is 19.7 Å². The van der Waals surface area contributed by atoms with E-state index in [2.05, 4.69) is 76.8 Å². The molecule has 0 aromatic rings. The standard InChI is InChI=1S/C13H28S3/c1-7-10(4)14-13(15-11(5)8-2)16-12(6)9-3/h10-13H,7-9H2,1-6H3. The summed E-state index contributed by atoms with van der Waals surface area (Å²) in [5.41, 5.74) is 0. The molecule has 0 rings (SSSR count). The predicted octanol–water partition coefficient (Wildman–Crippen LogP) is 5.87. The van der Waals surface area contributed by atoms with Gasteiger partial charge in [-0.15, -0.1) is 35.3 Å². The van der Waals surface area contributed by atoms with Gasteiger partial charge in [-0.25, -0.2) is 0 Å². The van der Waals surface area contributed by atoms with E-state index in [4.69, 9.17) is 0 Å². The van der Waals surface area contributed by atoms with Gasteiger partial charge in [-0.05, 0) is 19.3 Å². The highest BCUT2D eigenvalue weighted by Crippen LogP contribution is 2.42. The summed E-state index contributed by atoms with van der Waals surface area (Å²) in [5.74, 6) is 0. The molecule has 0 fully saturated rings. The van der Waals surface area contributed by atoms with Crippen molar-refractivity contribution >= 4 is 35.3 Å². The second-order valence-corrected chi connectivity index (χ2v) is 9.89. The predicted molar refractivity (Wildman–Crippen MR) is 85.8 cm³/mol. The van der Waals surface area contributed by atoms with Crippen molar-refractivity contribution in [1.82, 2.24) is 0 Å². The largest absolute Gasteiger partial charge is 0.134 e. The van der Waals surface area contributed by atoms with Gasteiger partial charge in [0.1, 0.15) is 0 Å². The van der Waals surface area contributed by atoms with Gasteiger partial charge in [0.05, 0.1) is 3.91 Å². The summed E-state index contributed by atoms with van der Waals surface area (Å²) in [7, 11) is 0. The van der Waals surface area contributed by atoms with E-state index in [1.54, 1.807) is 0 Å². The van der Waals surface area contributed by atoms with Crippen molar-refractivity contribution < 1.29 is 0 Å². The maximum atomic E-state index is 2.35. The molecule has 0 heterocycles. The van der Waals surface area contributed by atoms with E-state index in [1.165, 1.54) is 19.3 Å². The lowest BCUT2D eigenvalue weighted by Gasteiger charge is -2.24. The first-order valence-corrected chi connectivity index (χ1v) is 9.32. The van der Waals surface area contributed by atoms with Crippen LogP contribution < -0.4 is 0 Å². The molecule has 0 aromatic carbocycles. The highest BCUT2D eigenvalue weighted by Gasteiger charge is 2.18. The average molecular weight is 281 g/mol. The second kappa shape index (κ2) is 10.0. The first-order valence-electron chi connectivity index (χ1n) is 6.49. The van der Waals surface area contributed by atoms with E-state index in [1.807, 2.05) is 0 Å². The highest BCUT2D eigenvalue weighted by molar-refractivity contribution is 8.32. The number of thioether (sulfide) groups is 3. The molecular weight excluding hydrogens is 252 g/mol. The van der Waals surface area contributed by atoms with Crippen molar-refractivity contribution in [3.8, 4) is 0 Å². The zero-order valence-electron chi connectivity index (χ0n) is 11.7. The van der Waals surface area contributed by atoms with E-state index < -0.39 is 0 Å². The fourth-order valence-corrected chi connectivity index (χ4v) is 6.85. The van der Waals surface area contributed by atoms with Crippen LogP contribution in [0.25, 0.3) is 0 Å². The van der Waals surface area contributed by atoms with Gasteiger partial charge in [-0.1, -0.05) is 41.5 Å². The van der Waals surface area contributed by atoms with Crippen LogP contribution in [0.15, 0.2) is 0 Å². The Labute approximate surface area is 115 Å². The first-order chi connectivity index (χ1) is 7.53. The van der Waals surface area contributed by atoms with Gasteiger partial charge in [0.15, 0.2) is 0 Å². The fraction of sp³-hybridized carbons (Fsp3) is 1.00. The maximum Gasteiger partial charge on any atom is 0.0963 e. The Hall–Kier alpha value is 1.05. The molecule has 0 amide bonds. The summed E-state index contributed by atoms with van der Waals surface area (Å²) in [4.78, 5) is 0. The lowest BCUT2D eigenvalue weighted by atomic mass is 10.4. The average Bonchev–Trinajstić information content (AvgIpc) is 2.28. The van der Waals surface area contributed by atoms with Crippen LogP contribution in [-0.2, 0) is 0 Å². The minimum atomic E-state index is 0.722. The smallest absolute Gasteiger partial charge is 0.0963 e. The number of hydrogen-bond acceptors (Lipinski definition) is 3. The number of hydrogen-bond donors (Lipinski definition) is 0. The van der Waals surface area contributed by atoms with Gasteiger partial charge >= 0.3 is 0 Å². The van der Waals surface area contributed by atoms with Crippen LogP contribution in [0, 0.1) is 0 Å². The van der Waals surface area contributed by atoms with Crippen molar-refractivity contribution in [2.75, 3.05) is 0 Å². The van der Waals surface area contributed by atoms with Crippen molar-refractivity contribution in [2.45, 2.75) is 80.5 Å². The van der Waals surface area contributed by atoms with Crippen LogP contribution in [0.2, 0.25) is 0 Å². The Kier molecular flexibility index (Phi) is 10.7. The zero-order valence-corrected chi connectivity index (χ0v) is 14.1. The highest BCUT2D eigenvalue weighted by atomic mass is 32.3. The summed E-state index contributed by atoms with van der Waals surface area (Å²) in [5, 5.41) is 2.37. The first kappa shape index (κ1) is 17.1. The van der Waals surface area contributed by atoms with Crippen molar-refractivity contribution in [2.24, 2.45) is 0 Å². The molecule has 0 aromatic heterocycles. The minimum Gasteiger partial charge on any atom is -0.134 e. The van der Waals surface area contributed by atoms with E-state index >= 15 is 0 Å². The SMILES string of the molecule is CCC(C)SC(SC(C)CC)SC(C)CC. The van der Waals surface area contributed by atoms with Gasteiger partial charge in [0, 0.05) is 15.7 Å². The molecule has 0 radical (unpaired) electrons. The van der Waals surface area contributed by atoms with Gasteiger partial charge < -0.3 is 0 Å². The van der Waals surface area contributed by atoms with Crippen LogP contribution in [0.5, 0.6) is 0 Å². The molecule has 3 unspecified atom stereocenters. The van der Waals surface area contributed by atoms with Crippen molar-refractivity contribution in [3.63, 3.8) is 0 Å². The summed E-state index contributed by atoms with van der Waals surface area (Å²) in [6.07, 6.45) is 3.84. The Bertz CT molecular complexity index is 133. The molecule has 3 atom stereocenters. The second-order valence-electron chi connectivity index (χ2n) is 4.35. The molecule has 16 heavy (non-hydrogen) atoms. The summed E-state index contributed by atoms with van der Waals surface area (Å²) in [6, 6.07) is 0. The fourth-order valence-electron chi connectivity index (χ4n) is 0.954. The molecule has 0 saturated heterocycles. The maximum absolute atomic E-state index is 2.35. The van der Waals surface area contributed by atoms with E-state index in [9.17, 15) is 0 Å². The van der Waals surface area contributed by atoms with E-state index in [-0.39, 0.29) is 0 Å². The lowest BCUT2D eigenvalue weighted by Crippen LogP contribution is -2.09. The van der Waals surface area contributed by atoms with Gasteiger partial charge in [0.2, 0.25) is 0 Å². The third kappa shape index (κ3) is 8.19.